The average Bonchev–Trinajstić information content (AvgIpc) is 2.99. The van der Waals surface area contributed by atoms with Crippen molar-refractivity contribution in [2.24, 2.45) is 11.8 Å². The monoisotopic (exact) mass is 196 g/mol. The quantitative estimate of drug-likeness (QED) is 0.574. The van der Waals surface area contributed by atoms with E-state index in [2.05, 4.69) is 13.8 Å². The van der Waals surface area contributed by atoms with E-state index in [0.717, 1.165) is 25.2 Å². The van der Waals surface area contributed by atoms with Gasteiger partial charge < -0.3 is 0 Å². The van der Waals surface area contributed by atoms with Crippen molar-refractivity contribution in [3.8, 4) is 0 Å². The van der Waals surface area contributed by atoms with Crippen molar-refractivity contribution in [3.05, 3.63) is 0 Å². The molecule has 1 fully saturated rings. The molecule has 0 saturated heterocycles. The van der Waals surface area contributed by atoms with Crippen molar-refractivity contribution < 1.29 is 4.79 Å². The second-order valence-electron chi connectivity index (χ2n) is 4.70. The van der Waals surface area contributed by atoms with E-state index in [-0.39, 0.29) is 0 Å². The molecule has 0 spiro atoms. The molecule has 0 aromatic rings. The molecule has 14 heavy (non-hydrogen) atoms. The van der Waals surface area contributed by atoms with Gasteiger partial charge in [0.2, 0.25) is 0 Å². The molecule has 0 aromatic carbocycles. The third kappa shape index (κ3) is 4.26. The van der Waals surface area contributed by atoms with E-state index in [1.807, 2.05) is 0 Å². The van der Waals surface area contributed by atoms with Crippen LogP contribution < -0.4 is 0 Å². The largest absolute Gasteiger partial charge is 0.299 e. The highest BCUT2D eigenvalue weighted by Crippen LogP contribution is 2.34. The molecule has 0 aromatic heterocycles. The fourth-order valence-electron chi connectivity index (χ4n) is 2.00. The Balaban J connectivity index is 2.15. The number of Topliss-reactive ketones (excluding diaryl/α,β-unsaturated/α-hetero) is 1. The molecule has 0 radical (unpaired) electrons. The molecule has 1 saturated carbocycles. The predicted molar refractivity (Wildman–Crippen MR) is 60.3 cm³/mol. The number of hydrogen-bond donors (Lipinski definition) is 0. The van der Waals surface area contributed by atoms with E-state index in [1.54, 1.807) is 0 Å². The van der Waals surface area contributed by atoms with Gasteiger partial charge in [0.25, 0.3) is 0 Å². The van der Waals surface area contributed by atoms with E-state index in [1.165, 1.54) is 32.1 Å². The molecule has 1 atom stereocenters. The van der Waals surface area contributed by atoms with Gasteiger partial charge in [0.1, 0.15) is 5.78 Å². The summed E-state index contributed by atoms with van der Waals surface area (Å²) >= 11 is 0. The first kappa shape index (κ1) is 11.7. The van der Waals surface area contributed by atoms with Gasteiger partial charge in [-0.15, -0.1) is 0 Å². The summed E-state index contributed by atoms with van der Waals surface area (Å²) in [7, 11) is 0. The molecular formula is C13H24O. The number of unbranched alkanes of at least 4 members (excludes halogenated alkanes) is 1. The maximum absolute atomic E-state index is 11.8. The number of ketones is 1. The van der Waals surface area contributed by atoms with Crippen LogP contribution >= 0.6 is 0 Å². The molecule has 1 aliphatic rings. The van der Waals surface area contributed by atoms with Gasteiger partial charge in [0, 0.05) is 12.3 Å². The lowest BCUT2D eigenvalue weighted by atomic mass is 9.92. The van der Waals surface area contributed by atoms with Gasteiger partial charge >= 0.3 is 0 Å². The van der Waals surface area contributed by atoms with Crippen molar-refractivity contribution in [1.29, 1.82) is 0 Å². The Kier molecular flexibility index (Phi) is 5.21. The molecule has 1 aliphatic carbocycles. The van der Waals surface area contributed by atoms with Crippen molar-refractivity contribution in [1.82, 2.24) is 0 Å². The Morgan fingerprint density at radius 3 is 2.57 bits per heavy atom. The van der Waals surface area contributed by atoms with Crippen LogP contribution in [0.5, 0.6) is 0 Å². The molecule has 82 valence electrons. The van der Waals surface area contributed by atoms with Gasteiger partial charge in [-0.2, -0.15) is 0 Å². The highest BCUT2D eigenvalue weighted by molar-refractivity contribution is 5.80. The molecule has 1 nitrogen and oxygen atoms in total. The minimum absolute atomic E-state index is 0.369. The summed E-state index contributed by atoms with van der Waals surface area (Å²) in [6.45, 7) is 4.34. The summed E-state index contributed by atoms with van der Waals surface area (Å²) < 4.78 is 0. The molecule has 0 N–H and O–H groups in total. The van der Waals surface area contributed by atoms with Crippen LogP contribution in [0.1, 0.15) is 65.2 Å². The maximum atomic E-state index is 11.8. The topological polar surface area (TPSA) is 17.1 Å². The number of rotatable bonds is 8. The van der Waals surface area contributed by atoms with E-state index < -0.39 is 0 Å². The van der Waals surface area contributed by atoms with Crippen LogP contribution in [0, 0.1) is 11.8 Å². The first-order valence-electron chi connectivity index (χ1n) is 6.30. The minimum Gasteiger partial charge on any atom is -0.299 e. The Bertz CT molecular complexity index is 170. The molecular weight excluding hydrogens is 172 g/mol. The zero-order valence-electron chi connectivity index (χ0n) is 9.72. The Morgan fingerprint density at radius 1 is 1.36 bits per heavy atom. The van der Waals surface area contributed by atoms with Gasteiger partial charge in [-0.3, -0.25) is 4.79 Å². The van der Waals surface area contributed by atoms with Crippen LogP contribution in [0.2, 0.25) is 0 Å². The van der Waals surface area contributed by atoms with Gasteiger partial charge in [-0.25, -0.2) is 0 Å². The Hall–Kier alpha value is -0.330. The second kappa shape index (κ2) is 6.21. The molecule has 0 bridgehead atoms. The first-order valence-corrected chi connectivity index (χ1v) is 6.30. The van der Waals surface area contributed by atoms with Crippen LogP contribution in [0.4, 0.5) is 0 Å². The summed E-state index contributed by atoms with van der Waals surface area (Å²) in [5.74, 6) is 1.81. The van der Waals surface area contributed by atoms with E-state index in [0.29, 0.717) is 11.7 Å². The van der Waals surface area contributed by atoms with Gasteiger partial charge in [-0.05, 0) is 25.2 Å². The Labute approximate surface area is 88.3 Å². The lowest BCUT2D eigenvalue weighted by Gasteiger charge is -2.12. The van der Waals surface area contributed by atoms with Gasteiger partial charge in [0.15, 0.2) is 0 Å². The first-order chi connectivity index (χ1) is 6.77. The van der Waals surface area contributed by atoms with Crippen LogP contribution in [-0.4, -0.2) is 5.78 Å². The third-order valence-corrected chi connectivity index (χ3v) is 3.35. The van der Waals surface area contributed by atoms with Gasteiger partial charge in [-0.1, -0.05) is 39.5 Å². The SMILES string of the molecule is CCCCC(CC)C(=O)CCC1CC1. The molecule has 0 amide bonds. The summed E-state index contributed by atoms with van der Waals surface area (Å²) in [6, 6.07) is 0. The normalized spacial score (nSPS) is 18.1. The van der Waals surface area contributed by atoms with E-state index >= 15 is 0 Å². The van der Waals surface area contributed by atoms with E-state index in [9.17, 15) is 4.79 Å². The van der Waals surface area contributed by atoms with Crippen LogP contribution in [0.25, 0.3) is 0 Å². The van der Waals surface area contributed by atoms with Crippen molar-refractivity contribution in [2.75, 3.05) is 0 Å². The number of hydrogen-bond acceptors (Lipinski definition) is 1. The average molecular weight is 196 g/mol. The van der Waals surface area contributed by atoms with Crippen molar-refractivity contribution in [3.63, 3.8) is 0 Å². The fourth-order valence-corrected chi connectivity index (χ4v) is 2.00. The molecule has 1 rings (SSSR count). The van der Waals surface area contributed by atoms with Gasteiger partial charge in [0.05, 0.1) is 0 Å². The lowest BCUT2D eigenvalue weighted by molar-refractivity contribution is -0.123. The number of carbonyl (C=O) groups excluding carboxylic acids is 1. The molecule has 0 aliphatic heterocycles. The summed E-state index contributed by atoms with van der Waals surface area (Å²) in [6.07, 6.45) is 9.37. The highest BCUT2D eigenvalue weighted by Gasteiger charge is 2.23. The molecule has 0 heterocycles. The number of carbonyl (C=O) groups is 1. The summed E-state index contributed by atoms with van der Waals surface area (Å²) in [5.41, 5.74) is 0. The predicted octanol–water partition coefficient (Wildman–Crippen LogP) is 3.96. The summed E-state index contributed by atoms with van der Waals surface area (Å²) in [4.78, 5) is 11.8. The fraction of sp³-hybridized carbons (Fsp3) is 0.923. The zero-order valence-corrected chi connectivity index (χ0v) is 9.72. The van der Waals surface area contributed by atoms with Crippen LogP contribution in [0.15, 0.2) is 0 Å². The van der Waals surface area contributed by atoms with Crippen LogP contribution in [-0.2, 0) is 4.79 Å². The smallest absolute Gasteiger partial charge is 0.135 e. The van der Waals surface area contributed by atoms with E-state index in [4.69, 9.17) is 0 Å². The maximum Gasteiger partial charge on any atom is 0.135 e. The standard InChI is InChI=1S/C13H24O/c1-3-5-6-12(4-2)13(14)10-9-11-7-8-11/h11-12H,3-10H2,1-2H3. The third-order valence-electron chi connectivity index (χ3n) is 3.35. The molecule has 1 heteroatoms. The highest BCUT2D eigenvalue weighted by atomic mass is 16.1. The lowest BCUT2D eigenvalue weighted by Crippen LogP contribution is -2.13. The summed E-state index contributed by atoms with van der Waals surface area (Å²) in [5, 5.41) is 0. The minimum atomic E-state index is 0.369. The Morgan fingerprint density at radius 2 is 2.07 bits per heavy atom. The molecule has 1 unspecified atom stereocenters. The van der Waals surface area contributed by atoms with Crippen molar-refractivity contribution in [2.45, 2.75) is 65.2 Å². The zero-order chi connectivity index (χ0) is 10.4. The van der Waals surface area contributed by atoms with Crippen LogP contribution in [0.3, 0.4) is 0 Å². The second-order valence-corrected chi connectivity index (χ2v) is 4.70. The van der Waals surface area contributed by atoms with Crippen molar-refractivity contribution >= 4 is 5.78 Å².